The van der Waals surface area contributed by atoms with E-state index in [1.54, 1.807) is 0 Å². The Balaban J connectivity index is 2.19. The molecule has 0 spiro atoms. The molecule has 0 unspecified atom stereocenters. The largest absolute Gasteiger partial charge is 0.444 e. The van der Waals surface area contributed by atoms with Gasteiger partial charge in [-0.2, -0.15) is 0 Å². The van der Waals surface area contributed by atoms with Gasteiger partial charge in [0, 0.05) is 24.8 Å². The van der Waals surface area contributed by atoms with E-state index in [-0.39, 0.29) is 11.9 Å². The summed E-state index contributed by atoms with van der Waals surface area (Å²) in [5, 5.41) is 10.3. The molecule has 0 aromatic heterocycles. The number of rotatable bonds is 7. The lowest BCUT2D eigenvalue weighted by atomic mass is 9.86. The van der Waals surface area contributed by atoms with Gasteiger partial charge in [0.05, 0.1) is 11.6 Å². The van der Waals surface area contributed by atoms with Crippen LogP contribution in [0.3, 0.4) is 0 Å². The van der Waals surface area contributed by atoms with Crippen molar-refractivity contribution in [2.24, 2.45) is 0 Å². The summed E-state index contributed by atoms with van der Waals surface area (Å²) in [4.78, 5) is 24.8. The number of nitrogens with one attached hydrogen (secondary N) is 3. The molecule has 0 bridgehead atoms. The maximum atomic E-state index is 12.5. The number of halogens is 1. The Morgan fingerprint density at radius 1 is 1.30 bits per heavy atom. The Hall–Kier alpha value is -1.60. The van der Waals surface area contributed by atoms with Crippen molar-refractivity contribution in [2.75, 3.05) is 18.4 Å². The van der Waals surface area contributed by atoms with E-state index in [9.17, 15) is 9.59 Å². The molecular weight excluding hydrogens is 410 g/mol. The number of hydrogen-bond acceptors (Lipinski definition) is 4. The van der Waals surface area contributed by atoms with Gasteiger partial charge in [-0.1, -0.05) is 46.3 Å². The van der Waals surface area contributed by atoms with Crippen molar-refractivity contribution in [3.8, 4) is 0 Å². The summed E-state index contributed by atoms with van der Waals surface area (Å²) in [6, 6.07) is 9.75. The SMILES string of the molecule is CC(C)(C)OC(=O)N[C@@]1(Cc2ccccc2)CNC[C@@H]1NC(=O)CCCBr. The van der Waals surface area contributed by atoms with Crippen molar-refractivity contribution < 1.29 is 14.3 Å². The fraction of sp³-hybridized carbons (Fsp3) is 0.600. The van der Waals surface area contributed by atoms with Gasteiger partial charge in [0.2, 0.25) is 5.91 Å². The second-order valence-corrected chi connectivity index (χ2v) is 8.78. The summed E-state index contributed by atoms with van der Waals surface area (Å²) in [6.45, 7) is 6.67. The van der Waals surface area contributed by atoms with E-state index in [1.807, 2.05) is 51.1 Å². The molecule has 2 rings (SSSR count). The normalized spacial score (nSPS) is 22.3. The van der Waals surface area contributed by atoms with E-state index in [1.165, 1.54) is 0 Å². The van der Waals surface area contributed by atoms with Crippen LogP contribution in [0.2, 0.25) is 0 Å². The minimum Gasteiger partial charge on any atom is -0.444 e. The van der Waals surface area contributed by atoms with Crippen LogP contribution in [0.1, 0.15) is 39.2 Å². The lowest BCUT2D eigenvalue weighted by molar-refractivity contribution is -0.122. The third-order valence-corrected chi connectivity index (χ3v) is 5.00. The summed E-state index contributed by atoms with van der Waals surface area (Å²) < 4.78 is 5.48. The van der Waals surface area contributed by atoms with Gasteiger partial charge in [-0.25, -0.2) is 4.79 Å². The van der Waals surface area contributed by atoms with Crippen LogP contribution in [0, 0.1) is 0 Å². The first-order valence-electron chi connectivity index (χ1n) is 9.35. The standard InChI is InChI=1S/C20H30BrN3O3/c1-19(2,3)27-18(26)24-20(12-15-8-5-4-6-9-15)14-22-13-16(20)23-17(25)10-7-11-21/h4-6,8-9,16,22H,7,10-14H2,1-3H3,(H,23,25)(H,24,26)/t16-,20-/m0/s1. The first-order valence-corrected chi connectivity index (χ1v) is 10.5. The van der Waals surface area contributed by atoms with Crippen molar-refractivity contribution in [3.63, 3.8) is 0 Å². The van der Waals surface area contributed by atoms with Crippen LogP contribution in [0.5, 0.6) is 0 Å². The quantitative estimate of drug-likeness (QED) is 0.570. The Morgan fingerprint density at radius 3 is 2.63 bits per heavy atom. The number of alkyl halides is 1. The lowest BCUT2D eigenvalue weighted by Gasteiger charge is -2.37. The zero-order valence-electron chi connectivity index (χ0n) is 16.3. The van der Waals surface area contributed by atoms with Gasteiger partial charge in [-0.15, -0.1) is 0 Å². The average Bonchev–Trinajstić information content (AvgIpc) is 2.93. The van der Waals surface area contributed by atoms with Crippen molar-refractivity contribution in [2.45, 2.75) is 57.2 Å². The van der Waals surface area contributed by atoms with E-state index >= 15 is 0 Å². The molecule has 1 aromatic carbocycles. The van der Waals surface area contributed by atoms with Crippen LogP contribution < -0.4 is 16.0 Å². The number of carbonyl (C=O) groups is 2. The molecule has 0 saturated carbocycles. The summed E-state index contributed by atoms with van der Waals surface area (Å²) in [7, 11) is 0. The first-order chi connectivity index (χ1) is 12.7. The fourth-order valence-corrected chi connectivity index (χ4v) is 3.55. The lowest BCUT2D eigenvalue weighted by Crippen LogP contribution is -2.63. The smallest absolute Gasteiger partial charge is 0.408 e. The van der Waals surface area contributed by atoms with Crippen LogP contribution in [0.25, 0.3) is 0 Å². The van der Waals surface area contributed by atoms with Crippen molar-refractivity contribution in [1.29, 1.82) is 0 Å². The molecule has 6 nitrogen and oxygen atoms in total. The van der Waals surface area contributed by atoms with Crippen LogP contribution in [-0.2, 0) is 16.0 Å². The maximum Gasteiger partial charge on any atom is 0.408 e. The molecule has 1 heterocycles. The number of hydrogen-bond donors (Lipinski definition) is 3. The molecule has 1 aliphatic heterocycles. The Kier molecular flexibility index (Phi) is 7.68. The summed E-state index contributed by atoms with van der Waals surface area (Å²) in [5.74, 6) is -0.00780. The molecule has 1 saturated heterocycles. The molecule has 0 aliphatic carbocycles. The highest BCUT2D eigenvalue weighted by atomic mass is 79.9. The summed E-state index contributed by atoms with van der Waals surface area (Å²) >= 11 is 3.35. The van der Waals surface area contributed by atoms with E-state index in [0.29, 0.717) is 25.9 Å². The Bertz CT molecular complexity index is 633. The molecule has 1 aromatic rings. The molecule has 1 fully saturated rings. The average molecular weight is 440 g/mol. The van der Waals surface area contributed by atoms with Gasteiger partial charge in [0.25, 0.3) is 0 Å². The predicted molar refractivity (Wildman–Crippen MR) is 110 cm³/mol. The fourth-order valence-electron chi connectivity index (χ4n) is 3.27. The first kappa shape index (κ1) is 21.7. The second-order valence-electron chi connectivity index (χ2n) is 7.99. The summed E-state index contributed by atoms with van der Waals surface area (Å²) in [6.07, 6.45) is 1.36. The van der Waals surface area contributed by atoms with Gasteiger partial charge in [-0.3, -0.25) is 4.79 Å². The molecule has 7 heteroatoms. The molecule has 2 amide bonds. The Morgan fingerprint density at radius 2 is 2.00 bits per heavy atom. The van der Waals surface area contributed by atoms with Crippen LogP contribution in [0.15, 0.2) is 30.3 Å². The monoisotopic (exact) mass is 439 g/mol. The minimum atomic E-state index is -0.645. The highest BCUT2D eigenvalue weighted by molar-refractivity contribution is 9.09. The van der Waals surface area contributed by atoms with Crippen molar-refractivity contribution in [1.82, 2.24) is 16.0 Å². The van der Waals surface area contributed by atoms with E-state index in [2.05, 4.69) is 31.9 Å². The number of ether oxygens (including phenoxy) is 1. The zero-order chi connectivity index (χ0) is 19.9. The molecule has 1 aliphatic rings. The third kappa shape index (κ3) is 6.81. The number of benzene rings is 1. The number of alkyl carbamates (subject to hydrolysis) is 1. The number of carbonyl (C=O) groups excluding carboxylic acids is 2. The zero-order valence-corrected chi connectivity index (χ0v) is 17.9. The summed E-state index contributed by atoms with van der Waals surface area (Å²) in [5.41, 5.74) is -0.135. The minimum absolute atomic E-state index is 0.00780. The van der Waals surface area contributed by atoms with Crippen LogP contribution >= 0.6 is 15.9 Å². The van der Waals surface area contributed by atoms with Crippen LogP contribution in [0.4, 0.5) is 4.79 Å². The Labute approximate surface area is 169 Å². The van der Waals surface area contributed by atoms with Gasteiger partial charge < -0.3 is 20.7 Å². The van der Waals surface area contributed by atoms with E-state index in [4.69, 9.17) is 4.74 Å². The molecular formula is C20H30BrN3O3. The second kappa shape index (κ2) is 9.55. The molecule has 2 atom stereocenters. The molecule has 150 valence electrons. The van der Waals surface area contributed by atoms with Gasteiger partial charge in [-0.05, 0) is 39.2 Å². The molecule has 0 radical (unpaired) electrons. The maximum absolute atomic E-state index is 12.5. The van der Waals surface area contributed by atoms with Crippen LogP contribution in [-0.4, -0.2) is 47.6 Å². The topological polar surface area (TPSA) is 79.5 Å². The number of amides is 2. The highest BCUT2D eigenvalue weighted by Gasteiger charge is 2.45. The third-order valence-electron chi connectivity index (χ3n) is 4.44. The predicted octanol–water partition coefficient (Wildman–Crippen LogP) is 2.76. The van der Waals surface area contributed by atoms with E-state index < -0.39 is 17.2 Å². The molecule has 3 N–H and O–H groups in total. The van der Waals surface area contributed by atoms with Gasteiger partial charge >= 0.3 is 6.09 Å². The molecule has 27 heavy (non-hydrogen) atoms. The van der Waals surface area contributed by atoms with Gasteiger partial charge in [0.1, 0.15) is 5.60 Å². The van der Waals surface area contributed by atoms with Crippen molar-refractivity contribution in [3.05, 3.63) is 35.9 Å². The van der Waals surface area contributed by atoms with Crippen molar-refractivity contribution >= 4 is 27.9 Å². The highest BCUT2D eigenvalue weighted by Crippen LogP contribution is 2.23. The van der Waals surface area contributed by atoms with Gasteiger partial charge in [0.15, 0.2) is 0 Å². The van der Waals surface area contributed by atoms with E-state index in [0.717, 1.165) is 17.3 Å².